The zero-order chi connectivity index (χ0) is 15.3. The predicted molar refractivity (Wildman–Crippen MR) is 92.9 cm³/mol. The van der Waals surface area contributed by atoms with Crippen LogP contribution in [0.4, 0.5) is 0 Å². The van der Waals surface area contributed by atoms with E-state index in [4.69, 9.17) is 4.43 Å². The second kappa shape index (κ2) is 7.08. The topological polar surface area (TPSA) is 9.23 Å². The van der Waals surface area contributed by atoms with Crippen LogP contribution < -0.4 is 0 Å². The first-order valence-electron chi connectivity index (χ1n) is 8.61. The number of rotatable bonds is 7. The second-order valence-electron chi connectivity index (χ2n) is 6.84. The summed E-state index contributed by atoms with van der Waals surface area (Å²) in [5.74, 6) is 0. The molecule has 0 bridgehead atoms. The Morgan fingerprint density at radius 1 is 1.05 bits per heavy atom. The van der Waals surface area contributed by atoms with Crippen LogP contribution in [0, 0.1) is 0 Å². The molecule has 1 aliphatic rings. The van der Waals surface area contributed by atoms with Crippen molar-refractivity contribution in [2.24, 2.45) is 0 Å². The van der Waals surface area contributed by atoms with E-state index in [1.165, 1.54) is 43.2 Å². The molecule has 21 heavy (non-hydrogen) atoms. The molecule has 0 radical (unpaired) electrons. The van der Waals surface area contributed by atoms with Crippen LogP contribution in [0.3, 0.4) is 0 Å². The summed E-state index contributed by atoms with van der Waals surface area (Å²) >= 11 is 0. The van der Waals surface area contributed by atoms with Crippen molar-refractivity contribution in [1.82, 2.24) is 0 Å². The zero-order valence-corrected chi connectivity index (χ0v) is 15.3. The second-order valence-corrected chi connectivity index (χ2v) is 11.6. The van der Waals surface area contributed by atoms with Crippen molar-refractivity contribution < 1.29 is 8.91 Å². The van der Waals surface area contributed by atoms with Crippen molar-refractivity contribution in [1.29, 1.82) is 0 Å². The molecular weight excluding hydrogens is 274 g/mol. The van der Waals surface area contributed by atoms with E-state index in [1.54, 1.807) is 5.56 Å². The average Bonchev–Trinajstić information content (AvgIpc) is 2.52. The Bertz CT molecular complexity index is 450. The fraction of sp³-hybridized carbons (Fsp3) is 0.667. The Kier molecular flexibility index (Phi) is 5.64. The first-order valence-corrected chi connectivity index (χ1v) is 11.1. The highest BCUT2D eigenvalue weighted by atomic mass is 28.4. The van der Waals surface area contributed by atoms with Gasteiger partial charge in [-0.2, -0.15) is 0 Å². The summed E-state index contributed by atoms with van der Waals surface area (Å²) < 4.78 is 7.59. The van der Waals surface area contributed by atoms with Gasteiger partial charge in [-0.3, -0.25) is 0 Å². The van der Waals surface area contributed by atoms with E-state index in [0.29, 0.717) is 0 Å². The Balaban J connectivity index is 1.92. The number of hydrogen-bond acceptors (Lipinski definition) is 1. The quantitative estimate of drug-likeness (QED) is 0.541. The highest BCUT2D eigenvalue weighted by Gasteiger charge is 2.32. The van der Waals surface area contributed by atoms with Gasteiger partial charge in [0.25, 0.3) is 0 Å². The summed E-state index contributed by atoms with van der Waals surface area (Å²) in [6.07, 6.45) is 1.21. The number of hydrogen-bond donors (Lipinski definition) is 0. The first-order chi connectivity index (χ1) is 10.1. The maximum atomic E-state index is 6.46. The summed E-state index contributed by atoms with van der Waals surface area (Å²) in [6.45, 7) is 11.5. The molecule has 0 saturated carbocycles. The van der Waals surface area contributed by atoms with E-state index in [2.05, 4.69) is 52.1 Å². The standard InChI is InChI=1S/C18H32NOSi/c1-5-21(6-2,7-3)20-15-14-19(4)13-12-17-10-8-9-11-18(17)16-19/h8-11H,5-7,12-16H2,1-4H3/q+1. The molecule has 1 aliphatic heterocycles. The predicted octanol–water partition coefficient (Wildman–Crippen LogP) is 4.21. The fourth-order valence-corrected chi connectivity index (χ4v) is 6.20. The minimum absolute atomic E-state index is 0.945. The molecule has 0 aromatic heterocycles. The van der Waals surface area contributed by atoms with Crippen LogP contribution in [-0.2, 0) is 17.4 Å². The van der Waals surface area contributed by atoms with Crippen molar-refractivity contribution in [3.8, 4) is 0 Å². The molecule has 1 aromatic rings. The summed E-state index contributed by atoms with van der Waals surface area (Å²) in [4.78, 5) is 0. The summed E-state index contributed by atoms with van der Waals surface area (Å²) in [6, 6.07) is 12.7. The highest BCUT2D eigenvalue weighted by Crippen LogP contribution is 2.25. The van der Waals surface area contributed by atoms with Crippen LogP contribution in [0.1, 0.15) is 31.9 Å². The normalized spacial score (nSPS) is 22.1. The zero-order valence-electron chi connectivity index (χ0n) is 14.3. The molecule has 0 saturated heterocycles. The van der Waals surface area contributed by atoms with E-state index in [9.17, 15) is 0 Å². The molecule has 118 valence electrons. The third-order valence-electron chi connectivity index (χ3n) is 5.56. The summed E-state index contributed by atoms with van der Waals surface area (Å²) in [5, 5.41) is 0. The number of quaternary nitrogens is 1. The molecule has 1 aromatic carbocycles. The number of fused-ring (bicyclic) bond motifs is 1. The van der Waals surface area contributed by atoms with Crippen LogP contribution in [-0.4, -0.2) is 39.5 Å². The Labute approximate surface area is 131 Å². The minimum atomic E-state index is -1.42. The van der Waals surface area contributed by atoms with Crippen molar-refractivity contribution >= 4 is 8.32 Å². The molecule has 3 heteroatoms. The van der Waals surface area contributed by atoms with E-state index < -0.39 is 8.32 Å². The fourth-order valence-electron chi connectivity index (χ4n) is 3.57. The number of benzene rings is 1. The van der Waals surface area contributed by atoms with Gasteiger partial charge in [-0.1, -0.05) is 45.0 Å². The maximum absolute atomic E-state index is 6.46. The molecule has 0 spiro atoms. The average molecular weight is 307 g/mol. The first kappa shape index (κ1) is 16.7. The summed E-state index contributed by atoms with van der Waals surface area (Å²) in [7, 11) is 0.979. The van der Waals surface area contributed by atoms with E-state index in [1.807, 2.05) is 0 Å². The van der Waals surface area contributed by atoms with Crippen LogP contribution in [0.15, 0.2) is 24.3 Å². The molecule has 0 fully saturated rings. The molecule has 1 unspecified atom stereocenters. The molecule has 2 rings (SSSR count). The van der Waals surface area contributed by atoms with E-state index in [-0.39, 0.29) is 0 Å². The smallest absolute Gasteiger partial charge is 0.192 e. The molecule has 1 atom stereocenters. The Morgan fingerprint density at radius 2 is 1.67 bits per heavy atom. The lowest BCUT2D eigenvalue weighted by Gasteiger charge is -2.39. The lowest BCUT2D eigenvalue weighted by atomic mass is 9.98. The Hall–Kier alpha value is -0.643. The van der Waals surface area contributed by atoms with Gasteiger partial charge in [-0.15, -0.1) is 0 Å². The lowest BCUT2D eigenvalue weighted by molar-refractivity contribution is -0.924. The van der Waals surface area contributed by atoms with Gasteiger partial charge in [0, 0.05) is 12.0 Å². The summed E-state index contributed by atoms with van der Waals surface area (Å²) in [5.41, 5.74) is 3.09. The van der Waals surface area contributed by atoms with E-state index >= 15 is 0 Å². The third kappa shape index (κ3) is 3.96. The minimum Gasteiger partial charge on any atom is -0.411 e. The van der Waals surface area contributed by atoms with Crippen molar-refractivity contribution in [2.75, 3.05) is 26.7 Å². The number of likely N-dealkylation sites (N-methyl/N-ethyl adjacent to an activating group) is 1. The van der Waals surface area contributed by atoms with Gasteiger partial charge in [-0.05, 0) is 23.7 Å². The maximum Gasteiger partial charge on any atom is 0.192 e. The molecule has 0 aliphatic carbocycles. The SMILES string of the molecule is CC[Si](CC)(CC)OCC[N+]1(C)CCc2ccccc2C1. The van der Waals surface area contributed by atoms with Gasteiger partial charge >= 0.3 is 0 Å². The van der Waals surface area contributed by atoms with Crippen LogP contribution >= 0.6 is 0 Å². The van der Waals surface area contributed by atoms with Gasteiger partial charge in [-0.25, -0.2) is 0 Å². The van der Waals surface area contributed by atoms with E-state index in [0.717, 1.165) is 17.6 Å². The highest BCUT2D eigenvalue weighted by molar-refractivity contribution is 6.73. The third-order valence-corrected chi connectivity index (χ3v) is 10.2. The van der Waals surface area contributed by atoms with Gasteiger partial charge in [0.05, 0.1) is 20.2 Å². The molecule has 2 nitrogen and oxygen atoms in total. The number of nitrogens with zero attached hydrogens (tertiary/aromatic N) is 1. The van der Waals surface area contributed by atoms with Crippen molar-refractivity contribution in [2.45, 2.75) is 51.9 Å². The molecule has 1 heterocycles. The molecular formula is C18H32NOSi+. The van der Waals surface area contributed by atoms with Gasteiger partial charge in [0.1, 0.15) is 13.1 Å². The van der Waals surface area contributed by atoms with Crippen molar-refractivity contribution in [3.63, 3.8) is 0 Å². The monoisotopic (exact) mass is 306 g/mol. The largest absolute Gasteiger partial charge is 0.411 e. The van der Waals surface area contributed by atoms with Crippen LogP contribution in [0.5, 0.6) is 0 Å². The Morgan fingerprint density at radius 3 is 2.29 bits per heavy atom. The van der Waals surface area contributed by atoms with Crippen molar-refractivity contribution in [3.05, 3.63) is 35.4 Å². The lowest BCUT2D eigenvalue weighted by Crippen LogP contribution is -2.50. The molecule has 0 amide bonds. The van der Waals surface area contributed by atoms with Crippen LogP contribution in [0.25, 0.3) is 0 Å². The van der Waals surface area contributed by atoms with Gasteiger partial charge < -0.3 is 8.91 Å². The van der Waals surface area contributed by atoms with Gasteiger partial charge in [0.15, 0.2) is 8.32 Å². The van der Waals surface area contributed by atoms with Crippen LogP contribution in [0.2, 0.25) is 18.1 Å². The van der Waals surface area contributed by atoms with Gasteiger partial charge in [0.2, 0.25) is 0 Å². The molecule has 0 N–H and O–H groups in total.